The molecule has 1 saturated heterocycles. The minimum atomic E-state index is -0.247. The lowest BCUT2D eigenvalue weighted by molar-refractivity contribution is 0.141. The van der Waals surface area contributed by atoms with E-state index in [9.17, 15) is 5.11 Å². The normalized spacial score (nSPS) is 16.1. The number of hydrogen-bond donors (Lipinski definition) is 2. The molecule has 0 unspecified atom stereocenters. The van der Waals surface area contributed by atoms with Gasteiger partial charge in [-0.1, -0.05) is 0 Å². The molecule has 1 aromatic heterocycles. The number of rotatable bonds is 4. The first-order valence-electron chi connectivity index (χ1n) is 5.30. The molecule has 0 aliphatic carbocycles. The number of aryl methyl sites for hydroxylation is 1. The van der Waals surface area contributed by atoms with Gasteiger partial charge in [0.15, 0.2) is 0 Å². The average Bonchev–Trinajstić information content (AvgIpc) is 2.21. The Morgan fingerprint density at radius 3 is 2.94 bits per heavy atom. The molecule has 1 fully saturated rings. The van der Waals surface area contributed by atoms with E-state index in [0.29, 0.717) is 37.9 Å². The molecule has 2 heterocycles. The van der Waals surface area contributed by atoms with Crippen molar-refractivity contribution in [3.05, 3.63) is 11.9 Å². The zero-order valence-corrected chi connectivity index (χ0v) is 9.26. The molecule has 0 atom stereocenters. The molecular formula is C10H16N4O2. The van der Waals surface area contributed by atoms with Crippen LogP contribution in [0.5, 0.6) is 5.88 Å². The predicted molar refractivity (Wildman–Crippen MR) is 59.5 cm³/mol. The third-order valence-electron chi connectivity index (χ3n) is 2.35. The summed E-state index contributed by atoms with van der Waals surface area (Å²) >= 11 is 0. The van der Waals surface area contributed by atoms with Gasteiger partial charge in [0.05, 0.1) is 6.10 Å². The van der Waals surface area contributed by atoms with Crippen LogP contribution in [-0.2, 0) is 0 Å². The molecule has 16 heavy (non-hydrogen) atoms. The fourth-order valence-electron chi connectivity index (χ4n) is 1.57. The number of ether oxygens (including phenoxy) is 1. The van der Waals surface area contributed by atoms with Crippen molar-refractivity contribution in [1.29, 1.82) is 0 Å². The zero-order chi connectivity index (χ0) is 11.5. The van der Waals surface area contributed by atoms with Gasteiger partial charge in [0.2, 0.25) is 5.88 Å². The molecule has 0 saturated carbocycles. The van der Waals surface area contributed by atoms with Crippen LogP contribution in [0.15, 0.2) is 6.07 Å². The summed E-state index contributed by atoms with van der Waals surface area (Å²) in [6.07, 6.45) is -0.247. The van der Waals surface area contributed by atoms with Crippen LogP contribution in [0.1, 0.15) is 5.82 Å². The van der Waals surface area contributed by atoms with E-state index in [1.54, 1.807) is 6.07 Å². The summed E-state index contributed by atoms with van der Waals surface area (Å²) < 4.78 is 5.36. The quantitative estimate of drug-likeness (QED) is 0.703. The Morgan fingerprint density at radius 1 is 1.56 bits per heavy atom. The van der Waals surface area contributed by atoms with E-state index in [0.717, 1.165) is 5.82 Å². The van der Waals surface area contributed by atoms with Crippen molar-refractivity contribution in [2.45, 2.75) is 13.0 Å². The molecule has 0 radical (unpaired) electrons. The number of β-amino-alcohol motifs (C(OH)–C–C–N with tert-alkyl or cyclic N) is 1. The van der Waals surface area contributed by atoms with Crippen molar-refractivity contribution >= 4 is 5.82 Å². The first-order valence-corrected chi connectivity index (χ1v) is 5.30. The van der Waals surface area contributed by atoms with E-state index in [1.165, 1.54) is 0 Å². The summed E-state index contributed by atoms with van der Waals surface area (Å²) in [6, 6.07) is 1.77. The number of anilines is 1. The van der Waals surface area contributed by atoms with E-state index < -0.39 is 0 Å². The van der Waals surface area contributed by atoms with Gasteiger partial charge >= 0.3 is 0 Å². The van der Waals surface area contributed by atoms with Gasteiger partial charge in [-0.15, -0.1) is 0 Å². The highest BCUT2D eigenvalue weighted by Crippen LogP contribution is 2.22. The molecule has 1 aliphatic heterocycles. The minimum absolute atomic E-state index is 0.247. The standard InChI is InChI=1S/C10H16N4O2/c1-7-12-9(14-5-8(15)6-14)4-10(13-7)16-3-2-11/h4,8,15H,2-3,5-6,11H2,1H3. The van der Waals surface area contributed by atoms with Crippen molar-refractivity contribution in [1.82, 2.24) is 9.97 Å². The Labute approximate surface area is 94.1 Å². The molecule has 0 bridgehead atoms. The molecule has 3 N–H and O–H groups in total. The summed E-state index contributed by atoms with van der Waals surface area (Å²) in [7, 11) is 0. The largest absolute Gasteiger partial charge is 0.476 e. The Bertz CT molecular complexity index is 366. The number of aliphatic hydroxyl groups excluding tert-OH is 1. The van der Waals surface area contributed by atoms with Gasteiger partial charge in [-0.05, 0) is 6.92 Å². The maximum Gasteiger partial charge on any atom is 0.218 e. The Hall–Kier alpha value is -1.40. The summed E-state index contributed by atoms with van der Waals surface area (Å²) in [5.41, 5.74) is 5.36. The molecular weight excluding hydrogens is 208 g/mol. The average molecular weight is 224 g/mol. The van der Waals surface area contributed by atoms with Crippen molar-refractivity contribution < 1.29 is 9.84 Å². The molecule has 0 spiro atoms. The van der Waals surface area contributed by atoms with Crippen LogP contribution in [0.25, 0.3) is 0 Å². The molecule has 0 amide bonds. The van der Waals surface area contributed by atoms with Crippen LogP contribution >= 0.6 is 0 Å². The summed E-state index contributed by atoms with van der Waals surface area (Å²) in [5, 5.41) is 9.23. The third kappa shape index (κ3) is 2.40. The molecule has 1 aromatic rings. The molecule has 88 valence electrons. The van der Waals surface area contributed by atoms with Gasteiger partial charge < -0.3 is 20.5 Å². The summed E-state index contributed by atoms with van der Waals surface area (Å²) in [5.74, 6) is 1.99. The van der Waals surface area contributed by atoms with Crippen LogP contribution in [0.3, 0.4) is 0 Å². The second-order valence-corrected chi connectivity index (χ2v) is 3.81. The first-order chi connectivity index (χ1) is 7.69. The number of aliphatic hydroxyl groups is 1. The minimum Gasteiger partial charge on any atom is -0.476 e. The Kier molecular flexibility index (Phi) is 3.21. The van der Waals surface area contributed by atoms with Crippen LogP contribution in [0, 0.1) is 6.92 Å². The van der Waals surface area contributed by atoms with Gasteiger partial charge in [0.25, 0.3) is 0 Å². The SMILES string of the molecule is Cc1nc(OCCN)cc(N2CC(O)C2)n1. The molecule has 1 aliphatic rings. The van der Waals surface area contributed by atoms with E-state index in [1.807, 2.05) is 11.8 Å². The lowest BCUT2D eigenvalue weighted by atomic mass is 10.2. The number of nitrogens with zero attached hydrogens (tertiary/aromatic N) is 3. The van der Waals surface area contributed by atoms with E-state index in [2.05, 4.69) is 9.97 Å². The summed E-state index contributed by atoms with van der Waals surface area (Å²) in [6.45, 7) is 3.95. The van der Waals surface area contributed by atoms with E-state index in [4.69, 9.17) is 10.5 Å². The summed E-state index contributed by atoms with van der Waals surface area (Å²) in [4.78, 5) is 10.4. The number of aromatic nitrogens is 2. The molecule has 2 rings (SSSR count). The number of nitrogens with two attached hydrogens (primary N) is 1. The lowest BCUT2D eigenvalue weighted by Gasteiger charge is -2.36. The van der Waals surface area contributed by atoms with Crippen molar-refractivity contribution in [2.75, 3.05) is 31.1 Å². The van der Waals surface area contributed by atoms with Gasteiger partial charge in [0, 0.05) is 25.7 Å². The first kappa shape index (κ1) is 11.1. The Balaban J connectivity index is 2.09. The van der Waals surface area contributed by atoms with Gasteiger partial charge in [-0.25, -0.2) is 4.98 Å². The van der Waals surface area contributed by atoms with Crippen molar-refractivity contribution in [2.24, 2.45) is 5.73 Å². The lowest BCUT2D eigenvalue weighted by Crippen LogP contribution is -2.51. The topological polar surface area (TPSA) is 84.5 Å². The van der Waals surface area contributed by atoms with Gasteiger partial charge in [-0.3, -0.25) is 0 Å². The number of hydrogen-bond acceptors (Lipinski definition) is 6. The highest BCUT2D eigenvalue weighted by Gasteiger charge is 2.26. The fourth-order valence-corrected chi connectivity index (χ4v) is 1.57. The molecule has 0 aromatic carbocycles. The highest BCUT2D eigenvalue weighted by molar-refractivity contribution is 5.44. The van der Waals surface area contributed by atoms with Gasteiger partial charge in [0.1, 0.15) is 18.2 Å². The molecule has 6 heteroatoms. The molecule has 6 nitrogen and oxygen atoms in total. The van der Waals surface area contributed by atoms with Gasteiger partial charge in [-0.2, -0.15) is 4.98 Å². The smallest absolute Gasteiger partial charge is 0.218 e. The van der Waals surface area contributed by atoms with Crippen molar-refractivity contribution in [3.63, 3.8) is 0 Å². The highest BCUT2D eigenvalue weighted by atomic mass is 16.5. The third-order valence-corrected chi connectivity index (χ3v) is 2.35. The van der Waals surface area contributed by atoms with Crippen molar-refractivity contribution in [3.8, 4) is 5.88 Å². The zero-order valence-electron chi connectivity index (χ0n) is 9.26. The van der Waals surface area contributed by atoms with Crippen LogP contribution in [0.2, 0.25) is 0 Å². The van der Waals surface area contributed by atoms with E-state index >= 15 is 0 Å². The van der Waals surface area contributed by atoms with Crippen LogP contribution in [0.4, 0.5) is 5.82 Å². The second kappa shape index (κ2) is 4.63. The van der Waals surface area contributed by atoms with Crippen LogP contribution < -0.4 is 15.4 Å². The van der Waals surface area contributed by atoms with Crippen LogP contribution in [-0.4, -0.2) is 47.4 Å². The van der Waals surface area contributed by atoms with E-state index in [-0.39, 0.29) is 6.10 Å². The monoisotopic (exact) mass is 224 g/mol. The Morgan fingerprint density at radius 2 is 2.31 bits per heavy atom. The maximum absolute atomic E-state index is 9.23. The predicted octanol–water partition coefficient (Wildman–Crippen LogP) is -0.697. The fraction of sp³-hybridized carbons (Fsp3) is 0.600. The second-order valence-electron chi connectivity index (χ2n) is 3.81. The maximum atomic E-state index is 9.23.